The topological polar surface area (TPSA) is 16.4 Å². The molecule has 0 fully saturated rings. The molecule has 0 saturated carbocycles. The highest BCUT2D eigenvalue weighted by molar-refractivity contribution is 7.26. The molecule has 0 atom stereocenters. The Hall–Kier alpha value is -6.42. The van der Waals surface area contributed by atoms with Crippen LogP contribution in [0.2, 0.25) is 0 Å². The second-order valence-electron chi connectivity index (χ2n) is 12.9. The molecule has 3 heteroatoms. The molecule has 0 spiro atoms. The number of thiophene rings is 1. The first-order valence-electron chi connectivity index (χ1n) is 17.3. The Labute approximate surface area is 300 Å². The Balaban J connectivity index is 1.01. The van der Waals surface area contributed by atoms with Crippen molar-refractivity contribution in [1.82, 2.24) is 0 Å². The number of hydrogen-bond acceptors (Lipinski definition) is 3. The van der Waals surface area contributed by atoms with Gasteiger partial charge >= 0.3 is 0 Å². The molecule has 0 unspecified atom stereocenters. The van der Waals surface area contributed by atoms with E-state index in [-0.39, 0.29) is 0 Å². The van der Waals surface area contributed by atoms with Crippen LogP contribution in [-0.4, -0.2) is 0 Å². The van der Waals surface area contributed by atoms with Gasteiger partial charge in [0.15, 0.2) is 0 Å². The van der Waals surface area contributed by atoms with E-state index in [0.717, 1.165) is 39.4 Å². The molecule has 51 heavy (non-hydrogen) atoms. The van der Waals surface area contributed by atoms with Crippen LogP contribution in [0.4, 0.5) is 17.1 Å². The largest absolute Gasteiger partial charge is 0.455 e. The first-order valence-corrected chi connectivity index (χ1v) is 18.1. The fourth-order valence-electron chi connectivity index (χ4n) is 7.38. The molecule has 2 heterocycles. The number of rotatable bonds is 6. The highest BCUT2D eigenvalue weighted by atomic mass is 32.1. The van der Waals surface area contributed by atoms with Crippen molar-refractivity contribution in [2.75, 3.05) is 4.90 Å². The summed E-state index contributed by atoms with van der Waals surface area (Å²) in [5, 5.41) is 4.94. The third kappa shape index (κ3) is 5.10. The Morgan fingerprint density at radius 3 is 1.55 bits per heavy atom. The van der Waals surface area contributed by atoms with E-state index in [1.165, 1.54) is 53.2 Å². The minimum absolute atomic E-state index is 0.923. The molecule has 0 aliphatic carbocycles. The zero-order chi connectivity index (χ0) is 33.7. The molecule has 0 N–H and O–H groups in total. The van der Waals surface area contributed by atoms with Crippen LogP contribution in [0.5, 0.6) is 0 Å². The van der Waals surface area contributed by atoms with Gasteiger partial charge in [-0.2, -0.15) is 0 Å². The van der Waals surface area contributed by atoms with Crippen LogP contribution in [-0.2, 0) is 0 Å². The van der Waals surface area contributed by atoms with Crippen LogP contribution >= 0.6 is 11.3 Å². The first kappa shape index (κ1) is 29.5. The van der Waals surface area contributed by atoms with Crippen LogP contribution in [0.25, 0.3) is 75.5 Å². The van der Waals surface area contributed by atoms with Crippen LogP contribution in [0.1, 0.15) is 0 Å². The molecule has 8 aromatic carbocycles. The van der Waals surface area contributed by atoms with Crippen molar-refractivity contribution >= 4 is 70.5 Å². The van der Waals surface area contributed by atoms with E-state index in [9.17, 15) is 0 Å². The van der Waals surface area contributed by atoms with Gasteiger partial charge in [0.25, 0.3) is 0 Å². The molecule has 0 aliphatic heterocycles. The second kappa shape index (κ2) is 12.2. The monoisotopic (exact) mass is 669 g/mol. The van der Waals surface area contributed by atoms with Gasteiger partial charge in [-0.3, -0.25) is 0 Å². The summed E-state index contributed by atoms with van der Waals surface area (Å²) in [4.78, 5) is 2.31. The van der Waals surface area contributed by atoms with Crippen molar-refractivity contribution in [2.45, 2.75) is 0 Å². The van der Waals surface area contributed by atoms with Crippen LogP contribution < -0.4 is 4.90 Å². The van der Waals surface area contributed by atoms with Gasteiger partial charge in [0, 0.05) is 53.6 Å². The summed E-state index contributed by atoms with van der Waals surface area (Å²) < 4.78 is 9.18. The van der Waals surface area contributed by atoms with E-state index >= 15 is 0 Å². The standard InChI is InChI=1S/C48H31NOS/c1-3-11-32(12-4-1)34-23-27-38(28-24-34)49(37-13-5-2-6-14-37)39-29-25-35(26-30-39)33-19-21-36(22-20-33)42-31-43-40-15-8-10-18-45(40)51-48(43)46-41-16-7-9-17-44(41)50-47(42)46/h1-31H. The zero-order valence-electron chi connectivity index (χ0n) is 27.7. The third-order valence-corrected chi connectivity index (χ3v) is 11.1. The van der Waals surface area contributed by atoms with Crippen molar-refractivity contribution in [3.8, 4) is 33.4 Å². The van der Waals surface area contributed by atoms with Crippen molar-refractivity contribution in [3.63, 3.8) is 0 Å². The number of furan rings is 1. The van der Waals surface area contributed by atoms with Gasteiger partial charge in [-0.25, -0.2) is 0 Å². The fourth-order valence-corrected chi connectivity index (χ4v) is 8.62. The summed E-state index contributed by atoms with van der Waals surface area (Å²) in [6.45, 7) is 0. The quantitative estimate of drug-likeness (QED) is 0.175. The van der Waals surface area contributed by atoms with Gasteiger partial charge in [-0.15, -0.1) is 11.3 Å². The average molecular weight is 670 g/mol. The number of anilines is 3. The minimum Gasteiger partial charge on any atom is -0.455 e. The molecule has 0 saturated heterocycles. The van der Waals surface area contributed by atoms with Gasteiger partial charge in [-0.1, -0.05) is 133 Å². The minimum atomic E-state index is 0.923. The molecule has 240 valence electrons. The molecule has 10 rings (SSSR count). The first-order chi connectivity index (χ1) is 25.3. The molecule has 0 radical (unpaired) electrons. The number of fused-ring (bicyclic) bond motifs is 7. The van der Waals surface area contributed by atoms with Crippen LogP contribution in [0.3, 0.4) is 0 Å². The molecule has 0 aliphatic rings. The third-order valence-electron chi connectivity index (χ3n) is 9.89. The van der Waals surface area contributed by atoms with Crippen molar-refractivity contribution in [2.24, 2.45) is 0 Å². The summed E-state index contributed by atoms with van der Waals surface area (Å²) in [5.41, 5.74) is 12.2. The Bertz CT molecular complexity index is 2810. The summed E-state index contributed by atoms with van der Waals surface area (Å²) in [6, 6.07) is 67.1. The van der Waals surface area contributed by atoms with Gasteiger partial charge in [0.2, 0.25) is 0 Å². The maximum Gasteiger partial charge on any atom is 0.144 e. The highest BCUT2D eigenvalue weighted by Gasteiger charge is 2.19. The zero-order valence-corrected chi connectivity index (χ0v) is 28.5. The maximum atomic E-state index is 6.60. The highest BCUT2D eigenvalue weighted by Crippen LogP contribution is 2.46. The maximum absolute atomic E-state index is 6.60. The SMILES string of the molecule is c1ccc(-c2ccc(N(c3ccccc3)c3ccc(-c4ccc(-c5cc6c7ccccc7sc6c6c5oc5ccccc56)cc4)cc3)cc2)cc1. The van der Waals surface area contributed by atoms with E-state index in [4.69, 9.17) is 4.42 Å². The predicted octanol–water partition coefficient (Wildman–Crippen LogP) is 14.4. The van der Waals surface area contributed by atoms with Crippen molar-refractivity contribution < 1.29 is 4.42 Å². The summed E-state index contributed by atoms with van der Waals surface area (Å²) >= 11 is 1.85. The normalized spacial score (nSPS) is 11.5. The smallest absolute Gasteiger partial charge is 0.144 e. The van der Waals surface area contributed by atoms with E-state index in [1.54, 1.807) is 0 Å². The Kier molecular flexibility index (Phi) is 7.04. The number of para-hydroxylation sites is 2. The van der Waals surface area contributed by atoms with Gasteiger partial charge in [0.1, 0.15) is 11.2 Å². The molecular formula is C48H31NOS. The summed E-state index contributed by atoms with van der Waals surface area (Å²) in [7, 11) is 0. The predicted molar refractivity (Wildman–Crippen MR) is 218 cm³/mol. The summed E-state index contributed by atoms with van der Waals surface area (Å²) in [5.74, 6) is 0. The summed E-state index contributed by atoms with van der Waals surface area (Å²) in [6.07, 6.45) is 0. The lowest BCUT2D eigenvalue weighted by Crippen LogP contribution is -2.09. The van der Waals surface area contributed by atoms with E-state index < -0.39 is 0 Å². The van der Waals surface area contributed by atoms with Crippen LogP contribution in [0.15, 0.2) is 192 Å². The fraction of sp³-hybridized carbons (Fsp3) is 0. The Morgan fingerprint density at radius 2 is 0.882 bits per heavy atom. The lowest BCUT2D eigenvalue weighted by Gasteiger charge is -2.26. The second-order valence-corrected chi connectivity index (χ2v) is 14.0. The number of benzene rings is 8. The van der Waals surface area contributed by atoms with Crippen LogP contribution in [0, 0.1) is 0 Å². The van der Waals surface area contributed by atoms with Crippen molar-refractivity contribution in [3.05, 3.63) is 188 Å². The van der Waals surface area contributed by atoms with E-state index in [2.05, 4.69) is 187 Å². The number of hydrogen-bond donors (Lipinski definition) is 0. The van der Waals surface area contributed by atoms with E-state index in [0.29, 0.717) is 0 Å². The molecule has 0 amide bonds. The lowest BCUT2D eigenvalue weighted by molar-refractivity contribution is 0.670. The molecule has 2 nitrogen and oxygen atoms in total. The van der Waals surface area contributed by atoms with E-state index in [1.807, 2.05) is 17.4 Å². The molecule has 2 aromatic heterocycles. The lowest BCUT2D eigenvalue weighted by atomic mass is 9.96. The molecular weight excluding hydrogens is 639 g/mol. The van der Waals surface area contributed by atoms with Gasteiger partial charge in [0.05, 0.1) is 0 Å². The van der Waals surface area contributed by atoms with Crippen molar-refractivity contribution in [1.29, 1.82) is 0 Å². The average Bonchev–Trinajstić information content (AvgIpc) is 3.78. The molecule has 0 bridgehead atoms. The van der Waals surface area contributed by atoms with Gasteiger partial charge in [-0.05, 0) is 82.4 Å². The molecule has 10 aromatic rings. The number of nitrogens with zero attached hydrogens (tertiary/aromatic N) is 1. The Morgan fingerprint density at radius 1 is 0.392 bits per heavy atom. The van der Waals surface area contributed by atoms with Gasteiger partial charge < -0.3 is 9.32 Å².